The average molecular weight is 272 g/mol. The van der Waals surface area contributed by atoms with Crippen molar-refractivity contribution >= 4 is 22.8 Å². The Labute approximate surface area is 116 Å². The molecule has 1 unspecified atom stereocenters. The van der Waals surface area contributed by atoms with Crippen LogP contribution in [0.5, 0.6) is 0 Å². The molecular weight excluding hydrogens is 256 g/mol. The van der Waals surface area contributed by atoms with Crippen LogP contribution in [0.1, 0.15) is 30.6 Å². The summed E-state index contributed by atoms with van der Waals surface area (Å²) >= 11 is 0. The van der Waals surface area contributed by atoms with E-state index in [9.17, 15) is 14.7 Å². The van der Waals surface area contributed by atoms with E-state index in [1.54, 1.807) is 31.3 Å². The van der Waals surface area contributed by atoms with Gasteiger partial charge in [-0.05, 0) is 25.5 Å². The summed E-state index contributed by atoms with van der Waals surface area (Å²) in [7, 11) is 0. The number of hydrogen-bond donors (Lipinski definition) is 2. The molecule has 2 N–H and O–H groups in total. The summed E-state index contributed by atoms with van der Waals surface area (Å²) < 4.78 is 0. The van der Waals surface area contributed by atoms with Crippen LogP contribution in [-0.4, -0.2) is 27.5 Å². The predicted octanol–water partition coefficient (Wildman–Crippen LogP) is 2.22. The Balaban J connectivity index is 2.40. The number of pyridine rings is 1. The molecule has 0 aliphatic carbocycles. The zero-order valence-corrected chi connectivity index (χ0v) is 11.4. The Morgan fingerprint density at radius 3 is 2.65 bits per heavy atom. The number of carbonyl (C=O) groups excluding carboxylic acids is 1. The molecule has 0 spiro atoms. The number of fused-ring (bicyclic) bond motifs is 1. The lowest BCUT2D eigenvalue weighted by Crippen LogP contribution is -2.51. The third-order valence-corrected chi connectivity index (χ3v) is 3.45. The summed E-state index contributed by atoms with van der Waals surface area (Å²) in [6, 6.07) is 8.90. The van der Waals surface area contributed by atoms with Gasteiger partial charge in [-0.3, -0.25) is 9.78 Å². The largest absolute Gasteiger partial charge is 0.480 e. The van der Waals surface area contributed by atoms with Crippen LogP contribution in [0.4, 0.5) is 0 Å². The molecule has 0 aliphatic rings. The molecule has 0 saturated carbocycles. The lowest BCUT2D eigenvalue weighted by atomic mass is 9.98. The third kappa shape index (κ3) is 2.47. The molecule has 0 fully saturated rings. The Morgan fingerprint density at radius 2 is 2.00 bits per heavy atom. The van der Waals surface area contributed by atoms with Crippen molar-refractivity contribution in [3.63, 3.8) is 0 Å². The zero-order chi connectivity index (χ0) is 14.8. The Kier molecular flexibility index (Phi) is 3.70. The second kappa shape index (κ2) is 5.28. The quantitative estimate of drug-likeness (QED) is 0.894. The molecule has 0 aliphatic heterocycles. The number of amides is 1. The summed E-state index contributed by atoms with van der Waals surface area (Å²) in [5.41, 5.74) is -0.339. The van der Waals surface area contributed by atoms with Gasteiger partial charge in [0.25, 0.3) is 5.91 Å². The van der Waals surface area contributed by atoms with Gasteiger partial charge in [-0.2, -0.15) is 0 Å². The predicted molar refractivity (Wildman–Crippen MR) is 75.5 cm³/mol. The molecule has 104 valence electrons. The molecule has 5 nitrogen and oxygen atoms in total. The first kappa shape index (κ1) is 14.0. The number of carboxylic acid groups (broad SMARTS) is 1. The Bertz CT molecular complexity index is 664. The number of rotatable bonds is 4. The summed E-state index contributed by atoms with van der Waals surface area (Å²) in [4.78, 5) is 27.8. The molecule has 0 saturated heterocycles. The third-order valence-electron chi connectivity index (χ3n) is 3.45. The van der Waals surface area contributed by atoms with Crippen LogP contribution in [0, 0.1) is 0 Å². The maximum atomic E-state index is 12.3. The van der Waals surface area contributed by atoms with Crippen molar-refractivity contribution < 1.29 is 14.7 Å². The lowest BCUT2D eigenvalue weighted by Gasteiger charge is -2.24. The maximum Gasteiger partial charge on any atom is 0.329 e. The first-order chi connectivity index (χ1) is 9.48. The number of benzene rings is 1. The number of nitrogens with one attached hydrogen (secondary N) is 1. The van der Waals surface area contributed by atoms with E-state index in [2.05, 4.69) is 10.3 Å². The fourth-order valence-corrected chi connectivity index (χ4v) is 1.90. The minimum Gasteiger partial charge on any atom is -0.480 e. The molecule has 1 atom stereocenters. The van der Waals surface area contributed by atoms with Gasteiger partial charge in [0.05, 0.1) is 11.1 Å². The van der Waals surface area contributed by atoms with Crippen LogP contribution in [0.25, 0.3) is 10.9 Å². The van der Waals surface area contributed by atoms with Crippen LogP contribution in [0.2, 0.25) is 0 Å². The highest BCUT2D eigenvalue weighted by Gasteiger charge is 2.33. The number of aromatic nitrogens is 1. The summed E-state index contributed by atoms with van der Waals surface area (Å²) in [5, 5.41) is 12.6. The minimum absolute atomic E-state index is 0.298. The van der Waals surface area contributed by atoms with E-state index < -0.39 is 17.4 Å². The van der Waals surface area contributed by atoms with Crippen molar-refractivity contribution in [2.24, 2.45) is 0 Å². The first-order valence-corrected chi connectivity index (χ1v) is 6.37. The number of aliphatic carboxylic acids is 1. The van der Waals surface area contributed by atoms with Crippen LogP contribution in [0.3, 0.4) is 0 Å². The van der Waals surface area contributed by atoms with Gasteiger partial charge in [0.15, 0.2) is 0 Å². The van der Waals surface area contributed by atoms with Crippen LogP contribution in [-0.2, 0) is 4.79 Å². The van der Waals surface area contributed by atoms with Crippen molar-refractivity contribution in [2.45, 2.75) is 25.8 Å². The molecule has 20 heavy (non-hydrogen) atoms. The van der Waals surface area contributed by atoms with Gasteiger partial charge in [-0.1, -0.05) is 25.1 Å². The molecule has 0 radical (unpaired) electrons. The van der Waals surface area contributed by atoms with E-state index in [0.717, 1.165) is 5.39 Å². The second-order valence-corrected chi connectivity index (χ2v) is 4.83. The van der Waals surface area contributed by atoms with Gasteiger partial charge in [-0.15, -0.1) is 0 Å². The standard InChI is InChI=1S/C15H16N2O3/c1-3-15(2,14(19)20)17-13(18)11-8-4-6-10-7-5-9-16-12(10)11/h4-9H,3H2,1-2H3,(H,17,18)(H,19,20). The van der Waals surface area contributed by atoms with Crippen LogP contribution >= 0.6 is 0 Å². The lowest BCUT2D eigenvalue weighted by molar-refractivity contribution is -0.143. The Morgan fingerprint density at radius 1 is 1.30 bits per heavy atom. The molecular formula is C15H16N2O3. The normalized spacial score (nSPS) is 13.7. The average Bonchev–Trinajstić information content (AvgIpc) is 2.46. The second-order valence-electron chi connectivity index (χ2n) is 4.83. The maximum absolute atomic E-state index is 12.3. The topological polar surface area (TPSA) is 79.3 Å². The molecule has 5 heteroatoms. The summed E-state index contributed by atoms with van der Waals surface area (Å²) in [6.45, 7) is 3.21. The van der Waals surface area contributed by atoms with Gasteiger partial charge in [-0.25, -0.2) is 4.79 Å². The molecule has 1 amide bonds. The monoisotopic (exact) mass is 272 g/mol. The van der Waals surface area contributed by atoms with Crippen molar-refractivity contribution in [3.05, 3.63) is 42.1 Å². The van der Waals surface area contributed by atoms with E-state index in [1.807, 2.05) is 12.1 Å². The molecule has 1 aromatic heterocycles. The van der Waals surface area contributed by atoms with E-state index >= 15 is 0 Å². The first-order valence-electron chi connectivity index (χ1n) is 6.37. The number of hydrogen-bond acceptors (Lipinski definition) is 3. The fraction of sp³-hybridized carbons (Fsp3) is 0.267. The van der Waals surface area contributed by atoms with Gasteiger partial charge >= 0.3 is 5.97 Å². The molecule has 1 heterocycles. The molecule has 1 aromatic carbocycles. The molecule has 0 bridgehead atoms. The smallest absolute Gasteiger partial charge is 0.329 e. The zero-order valence-electron chi connectivity index (χ0n) is 11.4. The molecule has 2 rings (SSSR count). The van der Waals surface area contributed by atoms with E-state index in [0.29, 0.717) is 17.5 Å². The van der Waals surface area contributed by atoms with Gasteiger partial charge < -0.3 is 10.4 Å². The minimum atomic E-state index is -1.28. The van der Waals surface area contributed by atoms with Crippen LogP contribution < -0.4 is 5.32 Å². The summed E-state index contributed by atoms with van der Waals surface area (Å²) in [6.07, 6.45) is 1.90. The summed E-state index contributed by atoms with van der Waals surface area (Å²) in [5.74, 6) is -1.48. The van der Waals surface area contributed by atoms with Crippen LogP contribution in [0.15, 0.2) is 36.5 Å². The van der Waals surface area contributed by atoms with Crippen molar-refractivity contribution in [1.29, 1.82) is 0 Å². The van der Waals surface area contributed by atoms with E-state index in [-0.39, 0.29) is 0 Å². The van der Waals surface area contributed by atoms with E-state index in [4.69, 9.17) is 0 Å². The fourth-order valence-electron chi connectivity index (χ4n) is 1.90. The Hall–Kier alpha value is -2.43. The highest BCUT2D eigenvalue weighted by molar-refractivity contribution is 6.06. The SMILES string of the molecule is CCC(C)(NC(=O)c1cccc2cccnc12)C(=O)O. The number of carbonyl (C=O) groups is 2. The number of carboxylic acids is 1. The number of para-hydroxylation sites is 1. The van der Waals surface area contributed by atoms with Gasteiger partial charge in [0, 0.05) is 11.6 Å². The van der Waals surface area contributed by atoms with Gasteiger partial charge in [0.2, 0.25) is 0 Å². The highest BCUT2D eigenvalue weighted by Crippen LogP contribution is 2.18. The van der Waals surface area contributed by atoms with Crippen molar-refractivity contribution in [3.8, 4) is 0 Å². The van der Waals surface area contributed by atoms with Crippen molar-refractivity contribution in [1.82, 2.24) is 10.3 Å². The highest BCUT2D eigenvalue weighted by atomic mass is 16.4. The number of nitrogens with zero attached hydrogens (tertiary/aromatic N) is 1. The van der Waals surface area contributed by atoms with Gasteiger partial charge in [0.1, 0.15) is 5.54 Å². The van der Waals surface area contributed by atoms with E-state index in [1.165, 1.54) is 6.92 Å². The molecule has 2 aromatic rings. The van der Waals surface area contributed by atoms with Crippen molar-refractivity contribution in [2.75, 3.05) is 0 Å².